The molecule has 0 radical (unpaired) electrons. The molecule has 0 aliphatic carbocycles. The molecule has 6 aromatic carbocycles. The lowest BCUT2D eigenvalue weighted by Crippen LogP contribution is -2.00. The molecule has 0 spiro atoms. The minimum absolute atomic E-state index is 1.04. The Bertz CT molecular complexity index is 2310. The van der Waals surface area contributed by atoms with Crippen molar-refractivity contribution in [2.45, 2.75) is 52.6 Å². The molecular weight excluding hydrogens is 605 g/mol. The third-order valence-corrected chi connectivity index (χ3v) is 10.2. The van der Waals surface area contributed by atoms with E-state index in [4.69, 9.17) is 0 Å². The molecule has 0 fully saturated rings. The van der Waals surface area contributed by atoms with Gasteiger partial charge in [-0.05, 0) is 85.3 Å². The number of hydrogen-bond acceptors (Lipinski definition) is 0. The zero-order chi connectivity index (χ0) is 33.9. The molecule has 0 N–H and O–H groups in total. The van der Waals surface area contributed by atoms with Crippen molar-refractivity contribution >= 4 is 67.9 Å². The number of benzene rings is 6. The van der Waals surface area contributed by atoms with E-state index in [9.17, 15) is 0 Å². The lowest BCUT2D eigenvalue weighted by Gasteiger charge is -2.10. The Morgan fingerprint density at radius 3 is 1.16 bits per heavy atom. The Kier molecular flexibility index (Phi) is 8.92. The van der Waals surface area contributed by atoms with Crippen LogP contribution in [0.15, 0.2) is 133 Å². The van der Waals surface area contributed by atoms with E-state index in [0.29, 0.717) is 0 Å². The largest absolute Gasteiger partial charge is 0.340 e. The first-order valence-electron chi connectivity index (χ1n) is 18.1. The van der Waals surface area contributed by atoms with Crippen LogP contribution in [0, 0.1) is 13.8 Å². The Balaban J connectivity index is 0.938. The molecule has 0 atom stereocenters. The van der Waals surface area contributed by atoms with Gasteiger partial charge in [-0.1, -0.05) is 145 Å². The van der Waals surface area contributed by atoms with Crippen molar-refractivity contribution in [3.8, 4) is 0 Å². The van der Waals surface area contributed by atoms with E-state index in [1.807, 2.05) is 0 Å². The number of rotatable bonds is 11. The molecule has 2 aromatic heterocycles. The van der Waals surface area contributed by atoms with Crippen molar-refractivity contribution in [1.29, 1.82) is 0 Å². The van der Waals surface area contributed by atoms with Gasteiger partial charge in [0.05, 0.1) is 0 Å². The molecule has 246 valence electrons. The van der Waals surface area contributed by atoms with Crippen LogP contribution in [0.25, 0.3) is 67.9 Å². The molecule has 0 saturated carbocycles. The van der Waals surface area contributed by atoms with E-state index in [1.165, 1.54) is 103 Å². The lowest BCUT2D eigenvalue weighted by molar-refractivity contribution is 0.559. The molecule has 0 unspecified atom stereocenters. The molecule has 8 aromatic rings. The van der Waals surface area contributed by atoms with Crippen molar-refractivity contribution in [2.75, 3.05) is 0 Å². The third-order valence-electron chi connectivity index (χ3n) is 10.2. The van der Waals surface area contributed by atoms with Gasteiger partial charge in [0, 0.05) is 56.7 Å². The zero-order valence-electron chi connectivity index (χ0n) is 29.1. The second-order valence-corrected chi connectivity index (χ2v) is 13.8. The first-order valence-corrected chi connectivity index (χ1v) is 18.1. The summed E-state index contributed by atoms with van der Waals surface area (Å²) in [6, 6.07) is 49.1. The van der Waals surface area contributed by atoms with Crippen LogP contribution in [0.4, 0.5) is 0 Å². The van der Waals surface area contributed by atoms with E-state index in [1.54, 1.807) is 0 Å². The number of unbranched alkanes of at least 4 members (excludes halogenated alkanes) is 3. The summed E-state index contributed by atoms with van der Waals surface area (Å²) in [6.07, 6.45) is 13.7. The molecule has 0 bridgehead atoms. The van der Waals surface area contributed by atoms with Crippen molar-refractivity contribution in [1.82, 2.24) is 9.13 Å². The van der Waals surface area contributed by atoms with Gasteiger partial charge in [0.1, 0.15) is 0 Å². The first-order chi connectivity index (χ1) is 24.6. The smallest absolute Gasteiger partial charge is 0.0491 e. The van der Waals surface area contributed by atoms with Crippen LogP contribution in [0.1, 0.15) is 59.1 Å². The van der Waals surface area contributed by atoms with Crippen LogP contribution in [0.3, 0.4) is 0 Å². The standard InChI is InChI=1S/C48H44N2/c1-35-15-19-37(20-16-35)23-25-39-27-29-47-43(33-39)41-11-5-7-13-45(41)49(47)31-9-3-4-10-32-50-46-14-8-6-12-42(46)44-34-40(28-30-48(44)50)26-24-38-21-17-36(2)18-22-38/h5-8,11-30,33-34H,3-4,9-10,31-32H2,1-2H3. The van der Waals surface area contributed by atoms with Crippen LogP contribution in [0.5, 0.6) is 0 Å². The summed E-state index contributed by atoms with van der Waals surface area (Å²) in [5.41, 5.74) is 12.8. The molecule has 0 saturated heterocycles. The Morgan fingerprint density at radius 2 is 0.720 bits per heavy atom. The topological polar surface area (TPSA) is 9.86 Å². The maximum Gasteiger partial charge on any atom is 0.0491 e. The Morgan fingerprint density at radius 1 is 0.360 bits per heavy atom. The van der Waals surface area contributed by atoms with Gasteiger partial charge in [0.15, 0.2) is 0 Å². The average Bonchev–Trinajstić information content (AvgIpc) is 3.64. The SMILES string of the molecule is Cc1ccc(C=Cc2ccc3c(c2)c2ccccc2n3CCCCCCn2c3ccccc3c3cc(C=Cc4ccc(C)cc4)ccc32)cc1. The van der Waals surface area contributed by atoms with Gasteiger partial charge in [0.2, 0.25) is 0 Å². The molecule has 0 aliphatic heterocycles. The number of hydrogen-bond donors (Lipinski definition) is 0. The summed E-state index contributed by atoms with van der Waals surface area (Å²) in [7, 11) is 0. The van der Waals surface area contributed by atoms with Crippen LogP contribution < -0.4 is 0 Å². The second kappa shape index (κ2) is 14.1. The molecule has 0 aliphatic rings. The molecule has 0 amide bonds. The maximum atomic E-state index is 2.54. The minimum atomic E-state index is 1.04. The molecule has 2 heteroatoms. The van der Waals surface area contributed by atoms with Gasteiger partial charge < -0.3 is 9.13 Å². The fraction of sp³-hybridized carbons (Fsp3) is 0.167. The fourth-order valence-electron chi connectivity index (χ4n) is 7.47. The molecular formula is C48H44N2. The molecule has 50 heavy (non-hydrogen) atoms. The Hall–Kier alpha value is -5.60. The molecule has 2 heterocycles. The summed E-state index contributed by atoms with van der Waals surface area (Å²) < 4.78 is 5.08. The summed E-state index contributed by atoms with van der Waals surface area (Å²) in [6.45, 7) is 6.34. The predicted octanol–water partition coefficient (Wildman–Crippen LogP) is 13.1. The highest BCUT2D eigenvalue weighted by Crippen LogP contribution is 2.32. The van der Waals surface area contributed by atoms with E-state index in [2.05, 4.69) is 181 Å². The van der Waals surface area contributed by atoms with Crippen LogP contribution in [0.2, 0.25) is 0 Å². The third kappa shape index (κ3) is 6.54. The predicted molar refractivity (Wildman–Crippen MR) is 218 cm³/mol. The highest BCUT2D eigenvalue weighted by molar-refractivity contribution is 6.09. The highest BCUT2D eigenvalue weighted by Gasteiger charge is 2.12. The van der Waals surface area contributed by atoms with Gasteiger partial charge in [0.25, 0.3) is 0 Å². The van der Waals surface area contributed by atoms with Crippen molar-refractivity contribution in [2.24, 2.45) is 0 Å². The highest BCUT2D eigenvalue weighted by atomic mass is 15.0. The number of fused-ring (bicyclic) bond motifs is 6. The van der Waals surface area contributed by atoms with E-state index < -0.39 is 0 Å². The average molecular weight is 649 g/mol. The fourth-order valence-corrected chi connectivity index (χ4v) is 7.47. The minimum Gasteiger partial charge on any atom is -0.340 e. The Labute approximate surface area is 295 Å². The first kappa shape index (κ1) is 31.7. The number of aryl methyl sites for hydroxylation is 4. The van der Waals surface area contributed by atoms with Crippen molar-refractivity contribution < 1.29 is 0 Å². The normalized spacial score (nSPS) is 12.1. The zero-order valence-corrected chi connectivity index (χ0v) is 29.1. The van der Waals surface area contributed by atoms with Gasteiger partial charge in [-0.25, -0.2) is 0 Å². The summed E-state index contributed by atoms with van der Waals surface area (Å²) in [5, 5.41) is 5.36. The lowest BCUT2D eigenvalue weighted by atomic mass is 10.1. The quantitative estimate of drug-likeness (QED) is 0.0976. The van der Waals surface area contributed by atoms with Crippen molar-refractivity contribution in [3.63, 3.8) is 0 Å². The maximum absolute atomic E-state index is 2.54. The van der Waals surface area contributed by atoms with Crippen LogP contribution in [-0.4, -0.2) is 9.13 Å². The van der Waals surface area contributed by atoms with Crippen LogP contribution >= 0.6 is 0 Å². The van der Waals surface area contributed by atoms with Gasteiger partial charge in [-0.2, -0.15) is 0 Å². The summed E-state index contributed by atoms with van der Waals surface area (Å²) in [4.78, 5) is 0. The van der Waals surface area contributed by atoms with E-state index in [-0.39, 0.29) is 0 Å². The van der Waals surface area contributed by atoms with E-state index >= 15 is 0 Å². The number of aromatic nitrogens is 2. The second-order valence-electron chi connectivity index (χ2n) is 13.8. The number of nitrogens with zero attached hydrogens (tertiary/aromatic N) is 2. The van der Waals surface area contributed by atoms with E-state index in [0.717, 1.165) is 13.1 Å². The van der Waals surface area contributed by atoms with Crippen molar-refractivity contribution in [3.05, 3.63) is 167 Å². The van der Waals surface area contributed by atoms with Gasteiger partial charge in [-0.3, -0.25) is 0 Å². The van der Waals surface area contributed by atoms with Gasteiger partial charge >= 0.3 is 0 Å². The summed E-state index contributed by atoms with van der Waals surface area (Å²) >= 11 is 0. The molecule has 2 nitrogen and oxygen atoms in total. The monoisotopic (exact) mass is 648 g/mol. The van der Waals surface area contributed by atoms with Crippen LogP contribution in [-0.2, 0) is 13.1 Å². The number of para-hydroxylation sites is 2. The molecule has 8 rings (SSSR count). The van der Waals surface area contributed by atoms with Gasteiger partial charge in [-0.15, -0.1) is 0 Å². The summed E-state index contributed by atoms with van der Waals surface area (Å²) in [5.74, 6) is 0.